The summed E-state index contributed by atoms with van der Waals surface area (Å²) in [7, 11) is -2.26. The van der Waals surface area contributed by atoms with Crippen molar-refractivity contribution in [2.24, 2.45) is 0 Å². The van der Waals surface area contributed by atoms with Gasteiger partial charge in [-0.2, -0.15) is 0 Å². The van der Waals surface area contributed by atoms with Crippen LogP contribution in [0.2, 0.25) is 0 Å². The highest BCUT2D eigenvalue weighted by Gasteiger charge is 2.21. The molecule has 3 aromatic rings. The maximum absolute atomic E-state index is 12.5. The highest BCUT2D eigenvalue weighted by atomic mass is 32.2. The Morgan fingerprint density at radius 3 is 2.29 bits per heavy atom. The number of hydrogen-bond donors (Lipinski definition) is 1. The number of aromatic nitrogens is 1. The largest absolute Gasteiger partial charge is 0.421 e. The van der Waals surface area contributed by atoms with Crippen molar-refractivity contribution in [3.8, 4) is 11.3 Å². The van der Waals surface area contributed by atoms with Crippen LogP contribution in [0.4, 0.5) is 5.88 Å². The summed E-state index contributed by atoms with van der Waals surface area (Å²) in [5.74, 6) is 0.360. The molecule has 3 rings (SSSR count). The quantitative estimate of drug-likeness (QED) is 0.742. The third kappa shape index (κ3) is 3.47. The predicted octanol–water partition coefficient (Wildman–Crippen LogP) is 3.29. The monoisotopic (exact) mass is 344 g/mol. The second-order valence-electron chi connectivity index (χ2n) is 5.00. The highest BCUT2D eigenvalue weighted by Crippen LogP contribution is 2.30. The molecule has 0 aliphatic rings. The first-order valence-corrected chi connectivity index (χ1v) is 8.70. The summed E-state index contributed by atoms with van der Waals surface area (Å²) in [6, 6.07) is 17.3. The second-order valence-corrected chi connectivity index (χ2v) is 6.69. The van der Waals surface area contributed by atoms with Crippen LogP contribution >= 0.6 is 0 Å². The van der Waals surface area contributed by atoms with E-state index in [1.54, 1.807) is 18.2 Å². The van der Waals surface area contributed by atoms with Gasteiger partial charge < -0.3 is 9.15 Å². The van der Waals surface area contributed by atoms with E-state index in [0.29, 0.717) is 11.6 Å². The summed E-state index contributed by atoms with van der Waals surface area (Å²) < 4.78 is 38.1. The summed E-state index contributed by atoms with van der Waals surface area (Å²) >= 11 is 0. The summed E-state index contributed by atoms with van der Waals surface area (Å²) in [6.45, 7) is 0.146. The van der Waals surface area contributed by atoms with Crippen LogP contribution in [0.5, 0.6) is 0 Å². The van der Waals surface area contributed by atoms with E-state index in [1.165, 1.54) is 19.2 Å². The molecule has 24 heavy (non-hydrogen) atoms. The number of rotatable bonds is 6. The maximum atomic E-state index is 12.5. The van der Waals surface area contributed by atoms with Crippen LogP contribution in [-0.4, -0.2) is 20.5 Å². The van der Waals surface area contributed by atoms with E-state index in [9.17, 15) is 8.42 Å². The topological polar surface area (TPSA) is 81.4 Å². The van der Waals surface area contributed by atoms with Crippen molar-refractivity contribution in [2.45, 2.75) is 11.5 Å². The molecule has 0 atom stereocenters. The lowest BCUT2D eigenvalue weighted by atomic mass is 10.2. The van der Waals surface area contributed by atoms with Gasteiger partial charge in [0.2, 0.25) is 11.8 Å². The van der Waals surface area contributed by atoms with E-state index in [1.807, 2.05) is 30.3 Å². The highest BCUT2D eigenvalue weighted by molar-refractivity contribution is 7.92. The minimum atomic E-state index is -3.77. The van der Waals surface area contributed by atoms with Gasteiger partial charge in [-0.25, -0.2) is 18.1 Å². The molecule has 2 aromatic carbocycles. The van der Waals surface area contributed by atoms with E-state index in [-0.39, 0.29) is 17.4 Å². The van der Waals surface area contributed by atoms with Crippen LogP contribution in [0.25, 0.3) is 11.3 Å². The van der Waals surface area contributed by atoms with Gasteiger partial charge in [0.15, 0.2) is 0 Å². The van der Waals surface area contributed by atoms with Gasteiger partial charge in [-0.3, -0.25) is 0 Å². The zero-order valence-corrected chi connectivity index (χ0v) is 13.8. The van der Waals surface area contributed by atoms with E-state index in [4.69, 9.17) is 9.15 Å². The van der Waals surface area contributed by atoms with Crippen molar-refractivity contribution >= 4 is 15.9 Å². The second kappa shape index (κ2) is 6.86. The van der Waals surface area contributed by atoms with Crippen LogP contribution < -0.4 is 4.72 Å². The number of nitrogens with zero attached hydrogens (tertiary/aromatic N) is 1. The lowest BCUT2D eigenvalue weighted by molar-refractivity contribution is 0.160. The molecule has 0 fully saturated rings. The number of hydrogen-bond acceptors (Lipinski definition) is 5. The Morgan fingerprint density at radius 1 is 1.04 bits per heavy atom. The molecule has 1 heterocycles. The first kappa shape index (κ1) is 16.2. The molecule has 0 saturated carbocycles. The van der Waals surface area contributed by atoms with Gasteiger partial charge in [-0.05, 0) is 12.1 Å². The van der Waals surface area contributed by atoms with Crippen molar-refractivity contribution in [2.75, 3.05) is 11.8 Å². The average molecular weight is 344 g/mol. The Balaban J connectivity index is 2.01. The van der Waals surface area contributed by atoms with Gasteiger partial charge in [-0.15, -0.1) is 0 Å². The summed E-state index contributed by atoms with van der Waals surface area (Å²) in [6.07, 6.45) is 0. The van der Waals surface area contributed by atoms with Gasteiger partial charge in [-0.1, -0.05) is 48.5 Å². The third-order valence-corrected chi connectivity index (χ3v) is 4.61. The van der Waals surface area contributed by atoms with Crippen LogP contribution in [0.15, 0.2) is 70.0 Å². The number of oxazole rings is 1. The van der Waals surface area contributed by atoms with E-state index < -0.39 is 10.0 Å². The molecule has 0 amide bonds. The van der Waals surface area contributed by atoms with Crippen molar-refractivity contribution in [3.63, 3.8) is 0 Å². The molecule has 1 N–H and O–H groups in total. The van der Waals surface area contributed by atoms with E-state index >= 15 is 0 Å². The molecule has 0 aliphatic heterocycles. The molecule has 0 bridgehead atoms. The summed E-state index contributed by atoms with van der Waals surface area (Å²) in [5, 5.41) is 0. The van der Waals surface area contributed by atoms with Gasteiger partial charge in [0.1, 0.15) is 12.3 Å². The Kier molecular flexibility index (Phi) is 4.64. The van der Waals surface area contributed by atoms with Crippen LogP contribution in [-0.2, 0) is 21.4 Å². The number of methoxy groups -OCH3 is 1. The van der Waals surface area contributed by atoms with Gasteiger partial charge in [0.25, 0.3) is 10.0 Å². The number of sulfonamides is 1. The lowest BCUT2D eigenvalue weighted by Gasteiger charge is -2.06. The zero-order chi connectivity index (χ0) is 17.0. The van der Waals surface area contributed by atoms with Crippen LogP contribution in [0.3, 0.4) is 0 Å². The molecule has 0 unspecified atom stereocenters. The fourth-order valence-electron chi connectivity index (χ4n) is 2.19. The molecule has 124 valence electrons. The van der Waals surface area contributed by atoms with Crippen molar-refractivity contribution in [3.05, 3.63) is 66.6 Å². The Bertz CT molecular complexity index is 906. The van der Waals surface area contributed by atoms with E-state index in [0.717, 1.165) is 5.56 Å². The molecular weight excluding hydrogens is 328 g/mol. The molecule has 0 aliphatic carbocycles. The molecule has 0 radical (unpaired) electrons. The molecule has 1 aromatic heterocycles. The normalized spacial score (nSPS) is 11.4. The molecule has 7 heteroatoms. The van der Waals surface area contributed by atoms with Crippen LogP contribution in [0.1, 0.15) is 5.89 Å². The maximum Gasteiger partial charge on any atom is 0.264 e. The van der Waals surface area contributed by atoms with Gasteiger partial charge in [0, 0.05) is 12.7 Å². The Hall–Kier alpha value is -2.64. The van der Waals surface area contributed by atoms with Crippen molar-refractivity contribution < 1.29 is 17.6 Å². The van der Waals surface area contributed by atoms with Crippen molar-refractivity contribution in [1.82, 2.24) is 4.98 Å². The molecule has 0 saturated heterocycles. The Labute approximate surface area is 140 Å². The van der Waals surface area contributed by atoms with E-state index in [2.05, 4.69) is 9.71 Å². The first-order valence-electron chi connectivity index (χ1n) is 7.22. The predicted molar refractivity (Wildman–Crippen MR) is 89.9 cm³/mol. The SMILES string of the molecule is COCc1nc(-c2ccccc2)c(NS(=O)(=O)c2ccccc2)o1. The van der Waals surface area contributed by atoms with Crippen LogP contribution in [0, 0.1) is 0 Å². The molecule has 6 nitrogen and oxygen atoms in total. The molecular formula is C17H16N2O4S. The standard InChI is InChI=1S/C17H16N2O4S/c1-22-12-15-18-16(13-8-4-2-5-9-13)17(23-15)19-24(20,21)14-10-6-3-7-11-14/h2-11,19H,12H2,1H3. The third-order valence-electron chi connectivity index (χ3n) is 3.27. The van der Waals surface area contributed by atoms with Gasteiger partial charge in [0.05, 0.1) is 4.90 Å². The minimum Gasteiger partial charge on any atom is -0.421 e. The number of ether oxygens (including phenoxy) is 1. The first-order chi connectivity index (χ1) is 11.6. The fourth-order valence-corrected chi connectivity index (χ4v) is 3.21. The number of nitrogens with one attached hydrogen (secondary N) is 1. The minimum absolute atomic E-state index is 0.0668. The lowest BCUT2D eigenvalue weighted by Crippen LogP contribution is -2.12. The average Bonchev–Trinajstić information content (AvgIpc) is 2.98. The number of anilines is 1. The summed E-state index contributed by atoms with van der Waals surface area (Å²) in [5.41, 5.74) is 1.16. The number of benzene rings is 2. The fraction of sp³-hybridized carbons (Fsp3) is 0.118. The smallest absolute Gasteiger partial charge is 0.264 e. The summed E-state index contributed by atoms with van der Waals surface area (Å²) in [4.78, 5) is 4.48. The van der Waals surface area contributed by atoms with Crippen molar-refractivity contribution in [1.29, 1.82) is 0 Å². The molecule has 0 spiro atoms. The van der Waals surface area contributed by atoms with Gasteiger partial charge >= 0.3 is 0 Å². The zero-order valence-electron chi connectivity index (χ0n) is 13.0. The Morgan fingerprint density at radius 2 is 1.67 bits per heavy atom.